The molecule has 4 aliphatic heterocycles. The van der Waals surface area contributed by atoms with E-state index < -0.39 is 0 Å². The lowest BCUT2D eigenvalue weighted by molar-refractivity contribution is 0.0397. The fourth-order valence-electron chi connectivity index (χ4n) is 9.93. The lowest BCUT2D eigenvalue weighted by Crippen LogP contribution is -2.56. The van der Waals surface area contributed by atoms with E-state index in [0.717, 1.165) is 63.5 Å². The molecule has 0 spiro atoms. The quantitative estimate of drug-likeness (QED) is 0.182. The highest BCUT2D eigenvalue weighted by Gasteiger charge is 2.53. The molecule has 0 unspecified atom stereocenters. The molecule has 2 atom stereocenters. The van der Waals surface area contributed by atoms with Gasteiger partial charge in [0.2, 0.25) is 0 Å². The van der Waals surface area contributed by atoms with E-state index in [1.165, 1.54) is 74.2 Å². The maximum absolute atomic E-state index is 13.9. The van der Waals surface area contributed by atoms with Gasteiger partial charge in [-0.3, -0.25) is 19.6 Å². The summed E-state index contributed by atoms with van der Waals surface area (Å²) in [6, 6.07) is 36.5. The maximum atomic E-state index is 13.9. The molecule has 1 saturated carbocycles. The van der Waals surface area contributed by atoms with Crippen molar-refractivity contribution in [3.8, 4) is 0 Å². The summed E-state index contributed by atoms with van der Waals surface area (Å²) >= 11 is 0. The Labute approximate surface area is 291 Å². The van der Waals surface area contributed by atoms with Crippen LogP contribution < -0.4 is 0 Å². The Morgan fingerprint density at radius 2 is 1.06 bits per heavy atom. The molecule has 4 aromatic carbocycles. The molecule has 0 aromatic heterocycles. The van der Waals surface area contributed by atoms with Gasteiger partial charge in [-0.2, -0.15) is 0 Å². The number of likely N-dealkylation sites (tertiary alicyclic amines) is 1. The first-order valence-corrected chi connectivity index (χ1v) is 18.6. The maximum Gasteiger partial charge on any atom is 0.123 e. The number of hydrogen-bond donors (Lipinski definition) is 0. The molecule has 0 amide bonds. The zero-order valence-electron chi connectivity index (χ0n) is 28.6. The van der Waals surface area contributed by atoms with Crippen LogP contribution in [0.15, 0.2) is 109 Å². The van der Waals surface area contributed by atoms with Gasteiger partial charge in [-0.05, 0) is 103 Å². The van der Waals surface area contributed by atoms with Crippen LogP contribution in [-0.4, -0.2) is 90.6 Å². The summed E-state index contributed by atoms with van der Waals surface area (Å²) in [4.78, 5) is 10.9. The van der Waals surface area contributed by atoms with E-state index in [1.54, 1.807) is 0 Å². The minimum atomic E-state index is -0.231. The average Bonchev–Trinajstić information content (AvgIpc) is 3.59. The lowest BCUT2D eigenvalue weighted by atomic mass is 9.61. The summed E-state index contributed by atoms with van der Waals surface area (Å²) in [5.41, 5.74) is 5.34. The second-order valence-electron chi connectivity index (χ2n) is 15.1. The fraction of sp³-hybridized carbons (Fsp3) is 0.442. The van der Waals surface area contributed by atoms with E-state index in [-0.39, 0.29) is 23.2 Å². The standard InChI is InChI=1S/C43H50F2N4/c44-37-17-13-35(14-18-37)42(36-15-19-38(45)20-16-36)48-27-25-46(26-28-48)23-24-47-31-41-39(33-9-3-1-4-10-33)29-43(32-47,49-21-7-8-22-49)30-40(41)34-11-5-2-6-12-34/h1-6,9-20,39-42H,7-8,21-32H2/t39-,40-,41?,43?/m0/s1. The van der Waals surface area contributed by atoms with Crippen LogP contribution in [0.25, 0.3) is 0 Å². The minimum absolute atomic E-state index is 0.0188. The molecule has 49 heavy (non-hydrogen) atoms. The Hall–Kier alpha value is -3.42. The van der Waals surface area contributed by atoms with Gasteiger partial charge in [-0.15, -0.1) is 0 Å². The molecular formula is C43H50F2N4. The van der Waals surface area contributed by atoms with Gasteiger partial charge in [0, 0.05) is 57.9 Å². The summed E-state index contributed by atoms with van der Waals surface area (Å²) in [6.07, 6.45) is 5.15. The molecule has 4 nitrogen and oxygen atoms in total. The van der Waals surface area contributed by atoms with E-state index in [4.69, 9.17) is 0 Å². The van der Waals surface area contributed by atoms with Crippen molar-refractivity contribution in [2.24, 2.45) is 5.92 Å². The first-order valence-electron chi connectivity index (χ1n) is 18.6. The highest BCUT2D eigenvalue weighted by atomic mass is 19.1. The largest absolute Gasteiger partial charge is 0.300 e. The van der Waals surface area contributed by atoms with Crippen molar-refractivity contribution in [3.05, 3.63) is 143 Å². The SMILES string of the molecule is Fc1ccc(C(c2ccc(F)cc2)N2CCN(CCN3CC4[C@H](c5ccccc5)CC(N5CCCC5)(C[C@H]4c4ccccc4)C3)CC2)cc1. The minimum Gasteiger partial charge on any atom is -0.300 e. The van der Waals surface area contributed by atoms with Crippen molar-refractivity contribution in [1.82, 2.24) is 19.6 Å². The van der Waals surface area contributed by atoms with Crippen LogP contribution in [0.3, 0.4) is 0 Å². The molecule has 2 bridgehead atoms. The second-order valence-corrected chi connectivity index (χ2v) is 15.1. The molecular weight excluding hydrogens is 610 g/mol. The fourth-order valence-corrected chi connectivity index (χ4v) is 9.93. The van der Waals surface area contributed by atoms with Gasteiger partial charge < -0.3 is 0 Å². The molecule has 0 N–H and O–H groups in total. The van der Waals surface area contributed by atoms with Crippen LogP contribution >= 0.6 is 0 Å². The number of halogens is 2. The van der Waals surface area contributed by atoms with Crippen LogP contribution in [0.4, 0.5) is 8.78 Å². The Bertz CT molecular complexity index is 1540. The predicted octanol–water partition coefficient (Wildman–Crippen LogP) is 7.80. The third kappa shape index (κ3) is 6.98. The molecule has 256 valence electrons. The number of benzene rings is 4. The van der Waals surface area contributed by atoms with Crippen LogP contribution in [0, 0.1) is 17.6 Å². The Morgan fingerprint density at radius 3 is 1.57 bits per heavy atom. The summed E-state index contributed by atoms with van der Waals surface area (Å²) in [6.45, 7) is 10.8. The van der Waals surface area contributed by atoms with Crippen LogP contribution in [0.5, 0.6) is 0 Å². The summed E-state index contributed by atoms with van der Waals surface area (Å²) in [5.74, 6) is 1.25. The monoisotopic (exact) mass is 660 g/mol. The van der Waals surface area contributed by atoms with Gasteiger partial charge in [-0.25, -0.2) is 8.78 Å². The highest BCUT2D eigenvalue weighted by Crippen LogP contribution is 2.55. The molecule has 4 saturated heterocycles. The van der Waals surface area contributed by atoms with Crippen molar-refractivity contribution >= 4 is 0 Å². The smallest absolute Gasteiger partial charge is 0.123 e. The van der Waals surface area contributed by atoms with E-state index >= 15 is 0 Å². The first kappa shape index (κ1) is 32.8. The summed E-state index contributed by atoms with van der Waals surface area (Å²) < 4.78 is 27.7. The predicted molar refractivity (Wildman–Crippen MR) is 194 cm³/mol. The molecule has 0 radical (unpaired) electrons. The Kier molecular flexibility index (Phi) is 9.65. The molecule has 6 heteroatoms. The van der Waals surface area contributed by atoms with Gasteiger partial charge in [0.05, 0.1) is 6.04 Å². The molecule has 5 fully saturated rings. The number of hydrogen-bond acceptors (Lipinski definition) is 4. The van der Waals surface area contributed by atoms with E-state index in [1.807, 2.05) is 24.3 Å². The molecule has 1 aliphatic carbocycles. The van der Waals surface area contributed by atoms with Crippen LogP contribution in [0.1, 0.15) is 65.8 Å². The second kappa shape index (κ2) is 14.4. The molecule has 5 aliphatic rings. The van der Waals surface area contributed by atoms with Crippen LogP contribution in [-0.2, 0) is 0 Å². The summed E-state index contributed by atoms with van der Waals surface area (Å²) in [5, 5.41) is 0. The third-order valence-electron chi connectivity index (χ3n) is 12.3. The van der Waals surface area contributed by atoms with Crippen molar-refractivity contribution < 1.29 is 8.78 Å². The van der Waals surface area contributed by atoms with E-state index in [2.05, 4.69) is 80.3 Å². The van der Waals surface area contributed by atoms with Crippen molar-refractivity contribution in [3.63, 3.8) is 0 Å². The Morgan fingerprint density at radius 1 is 0.571 bits per heavy atom. The average molecular weight is 661 g/mol. The van der Waals surface area contributed by atoms with Gasteiger partial charge in [0.15, 0.2) is 0 Å². The Balaban J connectivity index is 0.998. The van der Waals surface area contributed by atoms with Crippen molar-refractivity contribution in [2.75, 3.05) is 65.4 Å². The highest BCUT2D eigenvalue weighted by molar-refractivity contribution is 5.33. The number of rotatable bonds is 9. The van der Waals surface area contributed by atoms with Crippen LogP contribution in [0.2, 0.25) is 0 Å². The number of piperazine rings is 1. The van der Waals surface area contributed by atoms with Gasteiger partial charge in [0.1, 0.15) is 11.6 Å². The number of fused-ring (bicyclic) bond motifs is 4. The zero-order valence-corrected chi connectivity index (χ0v) is 28.6. The summed E-state index contributed by atoms with van der Waals surface area (Å²) in [7, 11) is 0. The van der Waals surface area contributed by atoms with E-state index in [0.29, 0.717) is 17.8 Å². The van der Waals surface area contributed by atoms with Crippen molar-refractivity contribution in [1.29, 1.82) is 0 Å². The normalized spacial score (nSPS) is 27.1. The first-order chi connectivity index (χ1) is 24.0. The number of nitrogens with zero attached hydrogens (tertiary/aromatic N) is 4. The molecule has 9 rings (SSSR count). The lowest BCUT2D eigenvalue weighted by Gasteiger charge is -2.51. The van der Waals surface area contributed by atoms with Gasteiger partial charge >= 0.3 is 0 Å². The third-order valence-corrected chi connectivity index (χ3v) is 12.3. The topological polar surface area (TPSA) is 13.0 Å². The van der Waals surface area contributed by atoms with Crippen molar-refractivity contribution in [2.45, 2.75) is 49.1 Å². The van der Waals surface area contributed by atoms with Gasteiger partial charge in [0.25, 0.3) is 0 Å². The zero-order chi connectivity index (χ0) is 33.2. The van der Waals surface area contributed by atoms with Gasteiger partial charge in [-0.1, -0.05) is 84.9 Å². The molecule has 4 heterocycles. The molecule has 4 aromatic rings. The van der Waals surface area contributed by atoms with E-state index in [9.17, 15) is 8.78 Å².